The highest BCUT2D eigenvalue weighted by Gasteiger charge is 2.10. The molecule has 0 radical (unpaired) electrons. The fourth-order valence-corrected chi connectivity index (χ4v) is 2.54. The smallest absolute Gasteiger partial charge is 0.180 e. The van der Waals surface area contributed by atoms with Crippen molar-refractivity contribution in [3.05, 3.63) is 16.2 Å². The molecule has 0 aliphatic carbocycles. The lowest BCUT2D eigenvalue weighted by Gasteiger charge is -2.05. The molecule has 0 saturated carbocycles. The Hall–Kier alpha value is -0.650. The normalized spacial score (nSPS) is 11.1. The third-order valence-electron chi connectivity index (χ3n) is 3.26. The van der Waals surface area contributed by atoms with Gasteiger partial charge >= 0.3 is 0 Å². The second-order valence-electron chi connectivity index (χ2n) is 4.45. The largest absolute Gasteiger partial charge is 0.385 e. The molecule has 1 rings (SSSR count). The topological polar surface area (TPSA) is 28.3 Å². The Morgan fingerprint density at radius 2 is 1.28 bits per heavy atom. The Kier molecular flexibility index (Phi) is 6.60. The standard InChI is InChI=1S/C13H24N2O2S/c1-11-12(2)15(8-6-10-17-4)13(18)14(11)7-5-9-16-3/h5-10H2,1-4H3. The lowest BCUT2D eigenvalue weighted by Crippen LogP contribution is -2.06. The molecule has 1 aromatic heterocycles. The van der Waals surface area contributed by atoms with Gasteiger partial charge in [0.2, 0.25) is 0 Å². The van der Waals surface area contributed by atoms with Gasteiger partial charge in [0.25, 0.3) is 0 Å². The van der Waals surface area contributed by atoms with Gasteiger partial charge in [-0.15, -0.1) is 0 Å². The minimum Gasteiger partial charge on any atom is -0.385 e. The predicted molar refractivity (Wildman–Crippen MR) is 75.7 cm³/mol. The summed E-state index contributed by atoms with van der Waals surface area (Å²) in [6, 6.07) is 0. The highest BCUT2D eigenvalue weighted by Crippen LogP contribution is 2.13. The fourth-order valence-electron chi connectivity index (χ4n) is 2.08. The molecule has 5 heteroatoms. The maximum atomic E-state index is 5.54. The zero-order chi connectivity index (χ0) is 13.5. The Labute approximate surface area is 115 Å². The van der Waals surface area contributed by atoms with Crippen LogP contribution in [0.25, 0.3) is 0 Å². The lowest BCUT2D eigenvalue weighted by atomic mass is 10.3. The van der Waals surface area contributed by atoms with Crippen LogP contribution >= 0.6 is 12.2 Å². The molecule has 1 aromatic rings. The van der Waals surface area contributed by atoms with Gasteiger partial charge in [-0.05, 0) is 38.9 Å². The van der Waals surface area contributed by atoms with E-state index in [2.05, 4.69) is 23.0 Å². The zero-order valence-electron chi connectivity index (χ0n) is 11.9. The summed E-state index contributed by atoms with van der Waals surface area (Å²) in [6.07, 6.45) is 1.99. The van der Waals surface area contributed by atoms with Crippen molar-refractivity contribution < 1.29 is 9.47 Å². The van der Waals surface area contributed by atoms with E-state index in [-0.39, 0.29) is 0 Å². The van der Waals surface area contributed by atoms with Gasteiger partial charge in [-0.3, -0.25) is 0 Å². The number of rotatable bonds is 8. The molecule has 0 spiro atoms. The monoisotopic (exact) mass is 272 g/mol. The molecule has 4 nitrogen and oxygen atoms in total. The number of methoxy groups -OCH3 is 2. The minimum atomic E-state index is 0.773. The molecule has 0 amide bonds. The quantitative estimate of drug-likeness (QED) is 0.538. The fraction of sp³-hybridized carbons (Fsp3) is 0.769. The van der Waals surface area contributed by atoms with Crippen LogP contribution in [0, 0.1) is 18.6 Å². The van der Waals surface area contributed by atoms with E-state index in [1.165, 1.54) is 11.4 Å². The van der Waals surface area contributed by atoms with Crippen LogP contribution in [0.1, 0.15) is 24.2 Å². The van der Waals surface area contributed by atoms with Crippen LogP contribution in [0.2, 0.25) is 0 Å². The zero-order valence-corrected chi connectivity index (χ0v) is 12.7. The Morgan fingerprint density at radius 3 is 1.61 bits per heavy atom. The van der Waals surface area contributed by atoms with Crippen LogP contribution in [0.15, 0.2) is 0 Å². The summed E-state index contributed by atoms with van der Waals surface area (Å²) in [4.78, 5) is 0. The third-order valence-corrected chi connectivity index (χ3v) is 3.70. The van der Waals surface area contributed by atoms with Crippen molar-refractivity contribution in [2.45, 2.75) is 39.8 Å². The van der Waals surface area contributed by atoms with Gasteiger partial charge in [-0.2, -0.15) is 0 Å². The maximum Gasteiger partial charge on any atom is 0.180 e. The first-order chi connectivity index (χ1) is 8.63. The van der Waals surface area contributed by atoms with E-state index in [0.717, 1.165) is 43.9 Å². The van der Waals surface area contributed by atoms with Crippen molar-refractivity contribution in [2.75, 3.05) is 27.4 Å². The molecule has 0 N–H and O–H groups in total. The molecule has 18 heavy (non-hydrogen) atoms. The van der Waals surface area contributed by atoms with E-state index in [1.807, 2.05) is 0 Å². The maximum absolute atomic E-state index is 5.54. The van der Waals surface area contributed by atoms with Gasteiger partial charge in [0.15, 0.2) is 4.77 Å². The summed E-state index contributed by atoms with van der Waals surface area (Å²) in [5.74, 6) is 0. The highest BCUT2D eigenvalue weighted by molar-refractivity contribution is 7.71. The molecule has 0 aromatic carbocycles. The van der Waals surface area contributed by atoms with E-state index in [0.29, 0.717) is 0 Å². The van der Waals surface area contributed by atoms with E-state index >= 15 is 0 Å². The SMILES string of the molecule is COCCCn1c(C)c(C)n(CCCOC)c1=S. The van der Waals surface area contributed by atoms with E-state index < -0.39 is 0 Å². The predicted octanol–water partition coefficient (Wildman–Crippen LogP) is 2.71. The van der Waals surface area contributed by atoms with Crippen LogP contribution in [0.5, 0.6) is 0 Å². The number of hydrogen-bond acceptors (Lipinski definition) is 3. The third kappa shape index (κ3) is 3.67. The Balaban J connectivity index is 2.79. The van der Waals surface area contributed by atoms with E-state index in [4.69, 9.17) is 21.7 Å². The molecule has 0 saturated heterocycles. The molecule has 104 valence electrons. The molecular weight excluding hydrogens is 248 g/mol. The number of aromatic nitrogens is 2. The second kappa shape index (κ2) is 7.71. The Morgan fingerprint density at radius 1 is 0.889 bits per heavy atom. The summed E-state index contributed by atoms with van der Waals surface area (Å²) in [7, 11) is 3.46. The van der Waals surface area contributed by atoms with Gasteiger partial charge in [0.1, 0.15) is 0 Å². The van der Waals surface area contributed by atoms with Crippen molar-refractivity contribution in [3.8, 4) is 0 Å². The van der Waals surface area contributed by atoms with Crippen LogP contribution in [0.3, 0.4) is 0 Å². The average Bonchev–Trinajstić information content (AvgIpc) is 2.56. The average molecular weight is 272 g/mol. The molecule has 0 aliphatic rings. The lowest BCUT2D eigenvalue weighted by molar-refractivity contribution is 0.188. The van der Waals surface area contributed by atoms with Crippen molar-refractivity contribution in [3.63, 3.8) is 0 Å². The molecule has 0 atom stereocenters. The molecule has 1 heterocycles. The molecular formula is C13H24N2O2S. The highest BCUT2D eigenvalue weighted by atomic mass is 32.1. The summed E-state index contributed by atoms with van der Waals surface area (Å²) in [6.45, 7) is 7.66. The molecule has 0 bridgehead atoms. The second-order valence-corrected chi connectivity index (χ2v) is 4.81. The van der Waals surface area contributed by atoms with Crippen LogP contribution < -0.4 is 0 Å². The van der Waals surface area contributed by atoms with Crippen molar-refractivity contribution in [1.82, 2.24) is 9.13 Å². The number of nitrogens with zero attached hydrogens (tertiary/aromatic N) is 2. The van der Waals surface area contributed by atoms with Crippen LogP contribution in [0.4, 0.5) is 0 Å². The summed E-state index contributed by atoms with van der Waals surface area (Å²) in [5.41, 5.74) is 2.52. The summed E-state index contributed by atoms with van der Waals surface area (Å²) < 4.78 is 15.5. The van der Waals surface area contributed by atoms with Crippen LogP contribution in [-0.4, -0.2) is 36.6 Å². The van der Waals surface area contributed by atoms with Gasteiger partial charge in [0, 0.05) is 51.9 Å². The number of hydrogen-bond donors (Lipinski definition) is 0. The number of ether oxygens (including phenoxy) is 2. The molecule has 0 fully saturated rings. The van der Waals surface area contributed by atoms with E-state index in [1.54, 1.807) is 14.2 Å². The van der Waals surface area contributed by atoms with Gasteiger partial charge in [0.05, 0.1) is 0 Å². The molecule has 0 unspecified atom stereocenters. The van der Waals surface area contributed by atoms with Crippen LogP contribution in [-0.2, 0) is 22.6 Å². The first-order valence-electron chi connectivity index (χ1n) is 6.37. The Bertz CT molecular complexity index is 387. The van der Waals surface area contributed by atoms with Crippen molar-refractivity contribution >= 4 is 12.2 Å². The first kappa shape index (κ1) is 15.4. The summed E-state index contributed by atoms with van der Waals surface area (Å²) >= 11 is 5.54. The van der Waals surface area contributed by atoms with Gasteiger partial charge in [-0.1, -0.05) is 0 Å². The van der Waals surface area contributed by atoms with E-state index in [9.17, 15) is 0 Å². The molecule has 0 aliphatic heterocycles. The van der Waals surface area contributed by atoms with Gasteiger partial charge < -0.3 is 18.6 Å². The summed E-state index contributed by atoms with van der Waals surface area (Å²) in [5, 5.41) is 0. The van der Waals surface area contributed by atoms with Gasteiger partial charge in [-0.25, -0.2) is 0 Å². The minimum absolute atomic E-state index is 0.773. The number of imidazole rings is 1. The first-order valence-corrected chi connectivity index (χ1v) is 6.78. The van der Waals surface area contributed by atoms with Crippen molar-refractivity contribution in [1.29, 1.82) is 0 Å². The van der Waals surface area contributed by atoms with Crippen molar-refractivity contribution in [2.24, 2.45) is 0 Å².